The van der Waals surface area contributed by atoms with E-state index < -0.39 is 23.4 Å². The Hall–Kier alpha value is -3.40. The van der Waals surface area contributed by atoms with Gasteiger partial charge in [-0.1, -0.05) is 6.42 Å². The Bertz CT molecular complexity index is 1240. The van der Waals surface area contributed by atoms with Crippen LogP contribution in [0, 0.1) is 11.6 Å². The molecule has 0 aliphatic carbocycles. The number of likely N-dealkylation sites (tertiary alicyclic amines) is 1. The molecule has 186 valence electrons. The van der Waals surface area contributed by atoms with E-state index in [0.29, 0.717) is 17.8 Å². The van der Waals surface area contributed by atoms with Crippen molar-refractivity contribution in [3.63, 3.8) is 0 Å². The van der Waals surface area contributed by atoms with Crippen molar-refractivity contribution in [1.29, 1.82) is 0 Å². The van der Waals surface area contributed by atoms with Crippen LogP contribution in [-0.2, 0) is 13.1 Å². The molecule has 4 heterocycles. The number of pyridine rings is 1. The van der Waals surface area contributed by atoms with Crippen LogP contribution in [0.2, 0.25) is 0 Å². The summed E-state index contributed by atoms with van der Waals surface area (Å²) in [5, 5.41) is 0.827. The van der Waals surface area contributed by atoms with E-state index in [1.807, 2.05) is 13.0 Å². The number of amides is 2. The average molecular weight is 486 g/mol. The number of H-pyrrole nitrogens is 1. The lowest BCUT2D eigenvalue weighted by atomic mass is 10.1. The highest BCUT2D eigenvalue weighted by atomic mass is 19.1. The van der Waals surface area contributed by atoms with E-state index in [4.69, 9.17) is 9.47 Å². The summed E-state index contributed by atoms with van der Waals surface area (Å²) in [6.45, 7) is 5.03. The van der Waals surface area contributed by atoms with Crippen LogP contribution in [0.5, 0.6) is 11.5 Å². The predicted molar refractivity (Wildman–Crippen MR) is 129 cm³/mol. The van der Waals surface area contributed by atoms with E-state index in [1.54, 1.807) is 6.20 Å². The number of fused-ring (bicyclic) bond motifs is 3. The second-order valence-corrected chi connectivity index (χ2v) is 8.90. The van der Waals surface area contributed by atoms with Crippen molar-refractivity contribution in [3.05, 3.63) is 41.2 Å². The van der Waals surface area contributed by atoms with Gasteiger partial charge in [0.25, 0.3) is 0 Å². The van der Waals surface area contributed by atoms with Crippen LogP contribution in [-0.4, -0.2) is 54.8 Å². The fraction of sp³-hybridized carbons (Fsp3) is 0.440. The van der Waals surface area contributed by atoms with Gasteiger partial charge in [-0.05, 0) is 38.9 Å². The van der Waals surface area contributed by atoms with Crippen molar-refractivity contribution in [3.8, 4) is 11.5 Å². The Morgan fingerprint density at radius 2 is 1.71 bits per heavy atom. The highest BCUT2D eigenvalue weighted by Gasteiger charge is 2.37. The predicted octanol–water partition coefficient (Wildman–Crippen LogP) is 4.81. The minimum Gasteiger partial charge on any atom is -0.493 e. The molecule has 3 aromatic rings. The fourth-order valence-corrected chi connectivity index (χ4v) is 5.09. The molecule has 1 fully saturated rings. The number of ether oxygens (including phenoxy) is 2. The zero-order valence-corrected chi connectivity index (χ0v) is 20.2. The highest BCUT2D eigenvalue weighted by Crippen LogP contribution is 2.42. The molecule has 2 amide bonds. The minimum absolute atomic E-state index is 0.0373. The second kappa shape index (κ2) is 9.33. The molecule has 10 heteroatoms. The minimum atomic E-state index is -0.960. The Kier molecular flexibility index (Phi) is 6.22. The third-order valence-electron chi connectivity index (χ3n) is 6.80. The molecule has 35 heavy (non-hydrogen) atoms. The maximum Gasteiger partial charge on any atom is 0.329 e. The molecule has 0 radical (unpaired) electrons. The monoisotopic (exact) mass is 485 g/mol. The number of aromatic nitrogens is 2. The van der Waals surface area contributed by atoms with Gasteiger partial charge in [-0.25, -0.2) is 18.6 Å². The molecule has 0 spiro atoms. The number of hydrogen-bond acceptors (Lipinski definition) is 5. The van der Waals surface area contributed by atoms with Gasteiger partial charge in [-0.2, -0.15) is 0 Å². The molecule has 8 nitrogen and oxygen atoms in total. The molecule has 1 N–H and O–H groups in total. The van der Waals surface area contributed by atoms with Gasteiger partial charge < -0.3 is 14.5 Å². The van der Waals surface area contributed by atoms with E-state index in [0.717, 1.165) is 47.4 Å². The second-order valence-electron chi connectivity index (χ2n) is 8.90. The van der Waals surface area contributed by atoms with Crippen molar-refractivity contribution in [2.75, 3.05) is 43.7 Å². The van der Waals surface area contributed by atoms with Gasteiger partial charge in [0.15, 0.2) is 23.1 Å². The molecule has 0 bridgehead atoms. The number of nitrogens with zero attached hydrogens (tertiary/aromatic N) is 4. The van der Waals surface area contributed by atoms with Gasteiger partial charge in [0.2, 0.25) is 0 Å². The molecule has 2 aromatic heterocycles. The lowest BCUT2D eigenvalue weighted by molar-refractivity contribution is 0.219. The molecule has 2 aliphatic heterocycles. The number of nitrogens with one attached hydrogen (secondary N) is 1. The van der Waals surface area contributed by atoms with Crippen LogP contribution >= 0.6 is 0 Å². The molecule has 2 aliphatic rings. The zero-order valence-electron chi connectivity index (χ0n) is 20.2. The molecular weight excluding hydrogens is 456 g/mol. The number of halogens is 2. The summed E-state index contributed by atoms with van der Waals surface area (Å²) in [5.74, 6) is -2.33. The summed E-state index contributed by atoms with van der Waals surface area (Å²) in [6.07, 6.45) is 5.32. The summed E-state index contributed by atoms with van der Waals surface area (Å²) < 4.78 is 40.6. The first-order valence-corrected chi connectivity index (χ1v) is 11.9. The van der Waals surface area contributed by atoms with Crippen LogP contribution in [0.15, 0.2) is 18.3 Å². The summed E-state index contributed by atoms with van der Waals surface area (Å²) in [7, 11) is 2.55. The number of anilines is 2. The van der Waals surface area contributed by atoms with E-state index >= 15 is 8.78 Å². The number of benzene rings is 1. The number of piperidine rings is 1. The zero-order chi connectivity index (χ0) is 24.7. The van der Waals surface area contributed by atoms with Gasteiger partial charge in [0, 0.05) is 42.0 Å². The first-order chi connectivity index (χ1) is 17.0. The maximum atomic E-state index is 15.2. The van der Waals surface area contributed by atoms with Gasteiger partial charge in [0.05, 0.1) is 26.5 Å². The summed E-state index contributed by atoms with van der Waals surface area (Å²) >= 11 is 0. The maximum absolute atomic E-state index is 15.2. The lowest BCUT2D eigenvalue weighted by Gasteiger charge is -2.37. The van der Waals surface area contributed by atoms with Gasteiger partial charge in [-0.3, -0.25) is 14.7 Å². The number of hydrogen-bond donors (Lipinski definition) is 1. The molecule has 0 atom stereocenters. The van der Waals surface area contributed by atoms with Crippen LogP contribution in [0.4, 0.5) is 25.0 Å². The average Bonchev–Trinajstić information content (AvgIpc) is 3.28. The number of carbonyl (C=O) groups is 1. The van der Waals surface area contributed by atoms with Gasteiger partial charge in [0.1, 0.15) is 11.3 Å². The first-order valence-electron chi connectivity index (χ1n) is 11.9. The lowest BCUT2D eigenvalue weighted by Crippen LogP contribution is -2.48. The number of urea groups is 1. The smallest absolute Gasteiger partial charge is 0.329 e. The summed E-state index contributed by atoms with van der Waals surface area (Å²) in [6, 6.07) is 2.64. The first kappa shape index (κ1) is 23.3. The number of rotatable bonds is 6. The molecule has 1 saturated heterocycles. The van der Waals surface area contributed by atoms with E-state index in [1.165, 1.54) is 38.4 Å². The Morgan fingerprint density at radius 3 is 2.34 bits per heavy atom. The van der Waals surface area contributed by atoms with Crippen molar-refractivity contribution in [2.24, 2.45) is 0 Å². The van der Waals surface area contributed by atoms with Crippen molar-refractivity contribution >= 4 is 28.4 Å². The van der Waals surface area contributed by atoms with Crippen molar-refractivity contribution < 1.29 is 23.0 Å². The highest BCUT2D eigenvalue weighted by molar-refractivity contribution is 6.11. The third-order valence-corrected chi connectivity index (χ3v) is 6.80. The summed E-state index contributed by atoms with van der Waals surface area (Å²) in [4.78, 5) is 26.6. The van der Waals surface area contributed by atoms with Crippen LogP contribution < -0.4 is 19.3 Å². The van der Waals surface area contributed by atoms with Crippen molar-refractivity contribution in [2.45, 2.75) is 39.3 Å². The Balaban J connectivity index is 1.57. The molecule has 0 saturated carbocycles. The van der Waals surface area contributed by atoms with Crippen LogP contribution in [0.25, 0.3) is 11.0 Å². The number of methoxy groups -OCH3 is 2. The Labute approximate surface area is 202 Å². The van der Waals surface area contributed by atoms with E-state index in [2.05, 4.69) is 14.9 Å². The Morgan fingerprint density at radius 1 is 1.03 bits per heavy atom. The largest absolute Gasteiger partial charge is 0.493 e. The normalized spacial score (nSPS) is 16.7. The van der Waals surface area contributed by atoms with E-state index in [-0.39, 0.29) is 18.0 Å². The molecule has 0 unspecified atom stereocenters. The quantitative estimate of drug-likeness (QED) is 0.543. The standard InChI is InChI=1S/C25H29F2N5O3/c1-4-31-22-15(12-28-24-17(22)10-16(29-24)14-30-8-6-5-7-9-30)13-32(25(31)33)23-20(26)18(34-2)11-19(35-3)21(23)27/h10-12H,4-9,13-14H2,1-3H3,(H,28,29). The third kappa shape index (κ3) is 3.95. The van der Waals surface area contributed by atoms with Crippen LogP contribution in [0.3, 0.4) is 0 Å². The molecule has 5 rings (SSSR count). The van der Waals surface area contributed by atoms with Gasteiger partial charge in [-0.15, -0.1) is 0 Å². The number of carbonyl (C=O) groups excluding carboxylic acids is 1. The fourth-order valence-electron chi connectivity index (χ4n) is 5.09. The summed E-state index contributed by atoms with van der Waals surface area (Å²) in [5.41, 5.74) is 2.63. The van der Waals surface area contributed by atoms with E-state index in [9.17, 15) is 4.79 Å². The SMILES string of the molecule is CCN1C(=O)N(c2c(F)c(OC)cc(OC)c2F)Cc2cnc3[nH]c(CN4CCCCC4)cc3c21. The van der Waals surface area contributed by atoms with Gasteiger partial charge >= 0.3 is 6.03 Å². The topological polar surface area (TPSA) is 73.9 Å². The number of aromatic amines is 1. The van der Waals surface area contributed by atoms with Crippen LogP contribution in [0.1, 0.15) is 37.4 Å². The molecule has 1 aromatic carbocycles. The molecular formula is C25H29F2N5O3. The van der Waals surface area contributed by atoms with Crippen molar-refractivity contribution in [1.82, 2.24) is 14.9 Å².